The number of hydrogen-bond donors (Lipinski definition) is 0. The molecule has 0 N–H and O–H groups in total. The van der Waals surface area contributed by atoms with E-state index in [1.165, 1.54) is 4.90 Å². The van der Waals surface area contributed by atoms with E-state index in [9.17, 15) is 13.2 Å². The molecule has 3 heterocycles. The van der Waals surface area contributed by atoms with Crippen molar-refractivity contribution in [2.45, 2.75) is 32.0 Å². The zero-order valence-electron chi connectivity index (χ0n) is 14.2. The van der Waals surface area contributed by atoms with Crippen LogP contribution in [0.1, 0.15) is 18.6 Å². The number of carbonyl (C=O) groups excluding carboxylic acids is 1. The summed E-state index contributed by atoms with van der Waals surface area (Å²) in [5.41, 5.74) is 0. The van der Waals surface area contributed by atoms with Gasteiger partial charge < -0.3 is 14.3 Å². The van der Waals surface area contributed by atoms with Gasteiger partial charge in [0.1, 0.15) is 0 Å². The molecule has 0 aliphatic carbocycles. The minimum atomic E-state index is -3.17. The molecule has 134 valence electrons. The summed E-state index contributed by atoms with van der Waals surface area (Å²) >= 11 is 0. The summed E-state index contributed by atoms with van der Waals surface area (Å²) in [6, 6.07) is -0.704. The van der Waals surface area contributed by atoms with Gasteiger partial charge in [-0.3, -0.25) is 4.90 Å². The quantitative estimate of drug-likeness (QED) is 0.725. The van der Waals surface area contributed by atoms with Crippen molar-refractivity contribution in [3.05, 3.63) is 11.7 Å². The number of fused-ring (bicyclic) bond motifs is 1. The van der Waals surface area contributed by atoms with E-state index < -0.39 is 9.84 Å². The normalized spacial score (nSPS) is 26.4. The summed E-state index contributed by atoms with van der Waals surface area (Å²) in [7, 11) is 0.191. The van der Waals surface area contributed by atoms with E-state index in [0.29, 0.717) is 37.8 Å². The van der Waals surface area contributed by atoms with Gasteiger partial charge in [0.2, 0.25) is 5.89 Å². The van der Waals surface area contributed by atoms with E-state index in [1.807, 2.05) is 11.8 Å². The van der Waals surface area contributed by atoms with E-state index in [0.717, 1.165) is 0 Å². The van der Waals surface area contributed by atoms with Crippen molar-refractivity contribution in [3.63, 3.8) is 0 Å². The first kappa shape index (κ1) is 17.2. The third-order valence-electron chi connectivity index (χ3n) is 4.58. The molecule has 2 fully saturated rings. The fourth-order valence-corrected chi connectivity index (χ4v) is 5.40. The lowest BCUT2D eigenvalue weighted by Gasteiger charge is -2.44. The molecule has 1 aromatic rings. The summed E-state index contributed by atoms with van der Waals surface area (Å²) in [5.74, 6) is 1.20. The van der Waals surface area contributed by atoms with Crippen LogP contribution in [0, 0.1) is 0 Å². The number of aryl methyl sites for hydroxylation is 1. The Labute approximate surface area is 141 Å². The molecule has 9 nitrogen and oxygen atoms in total. The molecular weight excluding hydrogens is 334 g/mol. The SMILES string of the molecule is CCc1noc(CN2CCN(C(=O)N(C)C)[C@H]3CS(=O)(=O)C[C@H]32)n1. The molecule has 0 aromatic carbocycles. The van der Waals surface area contributed by atoms with Crippen LogP contribution in [0.25, 0.3) is 0 Å². The Kier molecular flexibility index (Phi) is 4.52. The molecule has 2 atom stereocenters. The van der Waals surface area contributed by atoms with Gasteiger partial charge in [-0.15, -0.1) is 0 Å². The van der Waals surface area contributed by atoms with Crippen molar-refractivity contribution in [1.82, 2.24) is 24.8 Å². The standard InChI is InChI=1S/C14H23N5O4S/c1-4-12-15-13(23-16-12)7-18-5-6-19(14(20)17(2)3)11-9-24(21,22)8-10(11)18/h10-11H,4-9H2,1-3H3/t10-,11+/m1/s1. The van der Waals surface area contributed by atoms with Gasteiger partial charge in [-0.2, -0.15) is 4.98 Å². The Balaban J connectivity index is 1.80. The fourth-order valence-electron chi connectivity index (χ4n) is 3.39. The number of hydrogen-bond acceptors (Lipinski definition) is 7. The summed E-state index contributed by atoms with van der Waals surface area (Å²) in [4.78, 5) is 21.9. The highest BCUT2D eigenvalue weighted by Crippen LogP contribution is 2.28. The molecule has 0 saturated carbocycles. The third kappa shape index (κ3) is 3.25. The van der Waals surface area contributed by atoms with Crippen LogP contribution in [0.2, 0.25) is 0 Å². The highest BCUT2D eigenvalue weighted by molar-refractivity contribution is 7.91. The van der Waals surface area contributed by atoms with Gasteiger partial charge in [-0.05, 0) is 0 Å². The summed E-state index contributed by atoms with van der Waals surface area (Å²) in [6.45, 7) is 3.43. The average molecular weight is 357 g/mol. The smallest absolute Gasteiger partial charge is 0.319 e. The van der Waals surface area contributed by atoms with Crippen molar-refractivity contribution in [3.8, 4) is 0 Å². The number of nitrogens with zero attached hydrogens (tertiary/aromatic N) is 5. The molecule has 2 saturated heterocycles. The Morgan fingerprint density at radius 3 is 2.62 bits per heavy atom. The van der Waals surface area contributed by atoms with Crippen LogP contribution >= 0.6 is 0 Å². The number of urea groups is 1. The van der Waals surface area contributed by atoms with E-state index in [-0.39, 0.29) is 29.6 Å². The minimum absolute atomic E-state index is 0.0117. The fraction of sp³-hybridized carbons (Fsp3) is 0.786. The number of piperazine rings is 1. The van der Waals surface area contributed by atoms with Gasteiger partial charge in [0.25, 0.3) is 0 Å². The lowest BCUT2D eigenvalue weighted by atomic mass is 10.1. The molecule has 3 rings (SSSR count). The second kappa shape index (κ2) is 6.32. The Morgan fingerprint density at radius 2 is 2.00 bits per heavy atom. The van der Waals surface area contributed by atoms with Crippen molar-refractivity contribution in [2.75, 3.05) is 38.7 Å². The van der Waals surface area contributed by atoms with Gasteiger partial charge in [0.15, 0.2) is 15.7 Å². The maximum atomic E-state index is 12.4. The molecule has 1 aromatic heterocycles. The third-order valence-corrected chi connectivity index (χ3v) is 6.28. The number of rotatable bonds is 3. The molecule has 2 amide bonds. The summed E-state index contributed by atoms with van der Waals surface area (Å²) in [6.07, 6.45) is 0.690. The molecule has 0 unspecified atom stereocenters. The molecule has 24 heavy (non-hydrogen) atoms. The van der Waals surface area contributed by atoms with Gasteiger partial charge in [-0.1, -0.05) is 12.1 Å². The average Bonchev–Trinajstić information content (AvgIpc) is 3.09. The second-order valence-electron chi connectivity index (χ2n) is 6.51. The second-order valence-corrected chi connectivity index (χ2v) is 8.66. The molecule has 0 bridgehead atoms. The molecule has 2 aliphatic rings. The van der Waals surface area contributed by atoms with Crippen LogP contribution in [0.15, 0.2) is 4.52 Å². The highest BCUT2D eigenvalue weighted by atomic mass is 32.2. The van der Waals surface area contributed by atoms with Crippen LogP contribution in [0.5, 0.6) is 0 Å². The molecule has 10 heteroatoms. The topological polar surface area (TPSA) is 99.9 Å². The van der Waals surface area contributed by atoms with Crippen molar-refractivity contribution >= 4 is 15.9 Å². The largest absolute Gasteiger partial charge is 0.338 e. The first-order chi connectivity index (χ1) is 11.3. The van der Waals surface area contributed by atoms with Gasteiger partial charge in [0, 0.05) is 39.6 Å². The first-order valence-corrected chi connectivity index (χ1v) is 9.86. The zero-order chi connectivity index (χ0) is 17.5. The van der Waals surface area contributed by atoms with E-state index >= 15 is 0 Å². The van der Waals surface area contributed by atoms with Gasteiger partial charge >= 0.3 is 6.03 Å². The van der Waals surface area contributed by atoms with Crippen LogP contribution in [0.4, 0.5) is 4.79 Å². The lowest BCUT2D eigenvalue weighted by Crippen LogP contribution is -2.61. The maximum Gasteiger partial charge on any atom is 0.319 e. The molecule has 0 spiro atoms. The molecule has 2 aliphatic heterocycles. The van der Waals surface area contributed by atoms with Crippen molar-refractivity contribution in [2.24, 2.45) is 0 Å². The monoisotopic (exact) mass is 357 g/mol. The highest BCUT2D eigenvalue weighted by Gasteiger charge is 2.48. The Bertz CT molecular complexity index is 717. The predicted molar refractivity (Wildman–Crippen MR) is 86.1 cm³/mol. The maximum absolute atomic E-state index is 12.4. The summed E-state index contributed by atoms with van der Waals surface area (Å²) < 4.78 is 29.5. The zero-order valence-corrected chi connectivity index (χ0v) is 15.0. The number of amides is 2. The number of sulfone groups is 1. The first-order valence-electron chi connectivity index (χ1n) is 8.04. The number of aromatic nitrogens is 2. The molecule has 0 radical (unpaired) electrons. The van der Waals surface area contributed by atoms with E-state index in [4.69, 9.17) is 4.52 Å². The van der Waals surface area contributed by atoms with Crippen LogP contribution < -0.4 is 0 Å². The van der Waals surface area contributed by atoms with E-state index in [1.54, 1.807) is 19.0 Å². The Hall–Kier alpha value is -1.68. The van der Waals surface area contributed by atoms with E-state index in [2.05, 4.69) is 10.1 Å². The van der Waals surface area contributed by atoms with Gasteiger partial charge in [0.05, 0.1) is 24.1 Å². The van der Waals surface area contributed by atoms with Crippen LogP contribution in [-0.2, 0) is 22.8 Å². The number of carbonyl (C=O) groups is 1. The molecular formula is C14H23N5O4S. The summed E-state index contributed by atoms with van der Waals surface area (Å²) in [5, 5.41) is 3.88. The van der Waals surface area contributed by atoms with Gasteiger partial charge in [-0.25, -0.2) is 13.2 Å². The van der Waals surface area contributed by atoms with Crippen molar-refractivity contribution in [1.29, 1.82) is 0 Å². The predicted octanol–water partition coefficient (Wildman–Crippen LogP) is -0.403. The Morgan fingerprint density at radius 1 is 1.29 bits per heavy atom. The van der Waals surface area contributed by atoms with Crippen LogP contribution in [0.3, 0.4) is 0 Å². The lowest BCUT2D eigenvalue weighted by molar-refractivity contribution is 0.0461. The van der Waals surface area contributed by atoms with Crippen molar-refractivity contribution < 1.29 is 17.7 Å². The minimum Gasteiger partial charge on any atom is -0.338 e. The van der Waals surface area contributed by atoms with Crippen LogP contribution in [-0.4, -0.2) is 90.1 Å².